The van der Waals surface area contributed by atoms with Crippen LogP contribution >= 0.6 is 11.3 Å². The highest BCUT2D eigenvalue weighted by Gasteiger charge is 2.22. The van der Waals surface area contributed by atoms with Gasteiger partial charge in [0.2, 0.25) is 0 Å². The minimum atomic E-state index is -0.406. The SMILES string of the molecule is CCOC(=O)c1nnn(CCCC(C)C)c1-c1cccs1. The Morgan fingerprint density at radius 2 is 2.29 bits per heavy atom. The maximum absolute atomic E-state index is 12.0. The van der Waals surface area contributed by atoms with Gasteiger partial charge in [-0.1, -0.05) is 25.1 Å². The molecule has 0 unspecified atom stereocenters. The van der Waals surface area contributed by atoms with Crippen molar-refractivity contribution in [3.8, 4) is 10.6 Å². The van der Waals surface area contributed by atoms with E-state index in [1.54, 1.807) is 18.3 Å². The first-order valence-corrected chi connectivity index (χ1v) is 8.16. The molecule has 5 nitrogen and oxygen atoms in total. The van der Waals surface area contributed by atoms with Crippen molar-refractivity contribution in [3.63, 3.8) is 0 Å². The molecule has 0 aliphatic carbocycles. The zero-order chi connectivity index (χ0) is 15.2. The van der Waals surface area contributed by atoms with Gasteiger partial charge in [0, 0.05) is 6.54 Å². The van der Waals surface area contributed by atoms with Gasteiger partial charge in [-0.05, 0) is 37.1 Å². The van der Waals surface area contributed by atoms with Gasteiger partial charge in [-0.2, -0.15) is 0 Å². The lowest BCUT2D eigenvalue weighted by Crippen LogP contribution is -2.08. The summed E-state index contributed by atoms with van der Waals surface area (Å²) >= 11 is 1.58. The maximum atomic E-state index is 12.0. The number of aryl methyl sites for hydroxylation is 1. The van der Waals surface area contributed by atoms with E-state index in [1.165, 1.54) is 0 Å². The summed E-state index contributed by atoms with van der Waals surface area (Å²) in [5.41, 5.74) is 1.08. The zero-order valence-corrected chi connectivity index (χ0v) is 13.5. The summed E-state index contributed by atoms with van der Waals surface area (Å²) < 4.78 is 6.89. The molecule has 0 bridgehead atoms. The van der Waals surface area contributed by atoms with Crippen LogP contribution in [0, 0.1) is 5.92 Å². The van der Waals surface area contributed by atoms with Crippen LogP contribution in [0.5, 0.6) is 0 Å². The summed E-state index contributed by atoms with van der Waals surface area (Å²) in [5.74, 6) is 0.249. The molecule has 2 aromatic rings. The summed E-state index contributed by atoms with van der Waals surface area (Å²) in [6.45, 7) is 7.29. The normalized spacial score (nSPS) is 11.0. The van der Waals surface area contributed by atoms with E-state index in [4.69, 9.17) is 4.74 Å². The van der Waals surface area contributed by atoms with Crippen molar-refractivity contribution in [2.75, 3.05) is 6.61 Å². The lowest BCUT2D eigenvalue weighted by molar-refractivity contribution is 0.0520. The molecule has 0 radical (unpaired) electrons. The fourth-order valence-corrected chi connectivity index (χ4v) is 2.89. The van der Waals surface area contributed by atoms with Crippen molar-refractivity contribution >= 4 is 17.3 Å². The lowest BCUT2D eigenvalue weighted by Gasteiger charge is -2.07. The Kier molecular flexibility index (Phi) is 5.50. The predicted molar refractivity (Wildman–Crippen MR) is 83.4 cm³/mol. The monoisotopic (exact) mass is 307 g/mol. The van der Waals surface area contributed by atoms with Crippen LogP contribution in [0.4, 0.5) is 0 Å². The Morgan fingerprint density at radius 3 is 2.90 bits per heavy atom. The number of thiophene rings is 1. The van der Waals surface area contributed by atoms with Crippen molar-refractivity contribution < 1.29 is 9.53 Å². The molecule has 0 aliphatic rings. The highest BCUT2D eigenvalue weighted by atomic mass is 32.1. The van der Waals surface area contributed by atoms with Crippen molar-refractivity contribution in [2.24, 2.45) is 5.92 Å². The van der Waals surface area contributed by atoms with E-state index in [2.05, 4.69) is 24.2 Å². The molecule has 0 aliphatic heterocycles. The average molecular weight is 307 g/mol. The number of ether oxygens (including phenoxy) is 1. The number of hydrogen-bond donors (Lipinski definition) is 0. The molecule has 2 aromatic heterocycles. The van der Waals surface area contributed by atoms with Crippen LogP contribution in [0.3, 0.4) is 0 Å². The van der Waals surface area contributed by atoms with Crippen LogP contribution in [0.2, 0.25) is 0 Å². The minimum absolute atomic E-state index is 0.309. The molecule has 0 fully saturated rings. The van der Waals surface area contributed by atoms with E-state index in [0.29, 0.717) is 18.2 Å². The summed E-state index contributed by atoms with van der Waals surface area (Å²) in [6.07, 6.45) is 2.14. The Hall–Kier alpha value is -1.69. The van der Waals surface area contributed by atoms with Crippen molar-refractivity contribution in [3.05, 3.63) is 23.2 Å². The molecule has 0 saturated carbocycles. The number of carbonyl (C=O) groups is 1. The van der Waals surface area contributed by atoms with Gasteiger partial charge < -0.3 is 4.74 Å². The molecule has 0 N–H and O–H groups in total. The van der Waals surface area contributed by atoms with Gasteiger partial charge in [0.05, 0.1) is 11.5 Å². The van der Waals surface area contributed by atoms with Gasteiger partial charge in [-0.3, -0.25) is 0 Å². The molecule has 0 amide bonds. The number of nitrogens with zero attached hydrogens (tertiary/aromatic N) is 3. The van der Waals surface area contributed by atoms with E-state index in [-0.39, 0.29) is 0 Å². The number of aromatic nitrogens is 3. The molecule has 6 heteroatoms. The van der Waals surface area contributed by atoms with Crippen LogP contribution in [-0.4, -0.2) is 27.6 Å². The molecule has 2 heterocycles. The van der Waals surface area contributed by atoms with Crippen LogP contribution in [-0.2, 0) is 11.3 Å². The number of hydrogen-bond acceptors (Lipinski definition) is 5. The second-order valence-corrected chi connectivity index (χ2v) is 6.19. The third-order valence-electron chi connectivity index (χ3n) is 3.11. The van der Waals surface area contributed by atoms with Crippen LogP contribution in [0.25, 0.3) is 10.6 Å². The number of rotatable bonds is 7. The minimum Gasteiger partial charge on any atom is -0.461 e. The Balaban J connectivity index is 2.26. The topological polar surface area (TPSA) is 57.0 Å². The Morgan fingerprint density at radius 1 is 1.48 bits per heavy atom. The largest absolute Gasteiger partial charge is 0.461 e. The predicted octanol–water partition coefficient (Wildman–Crippen LogP) is 3.62. The highest BCUT2D eigenvalue weighted by Crippen LogP contribution is 2.27. The molecule has 114 valence electrons. The van der Waals surface area contributed by atoms with Gasteiger partial charge in [0.25, 0.3) is 0 Å². The summed E-state index contributed by atoms with van der Waals surface area (Å²) in [5, 5.41) is 10.2. The summed E-state index contributed by atoms with van der Waals surface area (Å²) in [6, 6.07) is 3.94. The first kappa shape index (κ1) is 15.7. The summed E-state index contributed by atoms with van der Waals surface area (Å²) in [4.78, 5) is 13.0. The van der Waals surface area contributed by atoms with Crippen LogP contribution in [0.15, 0.2) is 17.5 Å². The van der Waals surface area contributed by atoms with Crippen molar-refractivity contribution in [1.29, 1.82) is 0 Å². The fraction of sp³-hybridized carbons (Fsp3) is 0.533. The first-order valence-electron chi connectivity index (χ1n) is 7.28. The fourth-order valence-electron chi connectivity index (χ4n) is 2.11. The van der Waals surface area contributed by atoms with E-state index >= 15 is 0 Å². The highest BCUT2D eigenvalue weighted by molar-refractivity contribution is 7.13. The Labute approximate surface area is 128 Å². The third-order valence-corrected chi connectivity index (χ3v) is 3.99. The Bertz CT molecular complexity index is 576. The zero-order valence-electron chi connectivity index (χ0n) is 12.7. The number of carbonyl (C=O) groups excluding carboxylic acids is 1. The van der Waals surface area contributed by atoms with Gasteiger partial charge in [0.15, 0.2) is 5.69 Å². The molecule has 0 saturated heterocycles. The van der Waals surface area contributed by atoms with E-state index in [9.17, 15) is 4.79 Å². The van der Waals surface area contributed by atoms with Gasteiger partial charge >= 0.3 is 5.97 Å². The molecule has 21 heavy (non-hydrogen) atoms. The molecule has 0 spiro atoms. The molecular formula is C15H21N3O2S. The number of esters is 1. The first-order chi connectivity index (χ1) is 10.1. The molecule has 2 rings (SSSR count). The average Bonchev–Trinajstić information content (AvgIpc) is 3.06. The van der Waals surface area contributed by atoms with Crippen LogP contribution in [0.1, 0.15) is 44.1 Å². The molecule has 0 atom stereocenters. The second-order valence-electron chi connectivity index (χ2n) is 5.24. The quantitative estimate of drug-likeness (QED) is 0.733. The second kappa shape index (κ2) is 7.36. The lowest BCUT2D eigenvalue weighted by atomic mass is 10.1. The van der Waals surface area contributed by atoms with Crippen LogP contribution < -0.4 is 0 Å². The van der Waals surface area contributed by atoms with Gasteiger partial charge in [-0.15, -0.1) is 16.4 Å². The summed E-state index contributed by atoms with van der Waals surface area (Å²) in [7, 11) is 0. The standard InChI is InChI=1S/C15H21N3O2S/c1-4-20-15(19)13-14(12-8-6-10-21-12)18(17-16-13)9-5-7-11(2)3/h6,8,10-11H,4-5,7,9H2,1-3H3. The van der Waals surface area contributed by atoms with E-state index in [1.807, 2.05) is 22.2 Å². The third kappa shape index (κ3) is 3.91. The van der Waals surface area contributed by atoms with E-state index < -0.39 is 5.97 Å². The van der Waals surface area contributed by atoms with Crippen molar-refractivity contribution in [2.45, 2.75) is 40.2 Å². The molecular weight excluding hydrogens is 286 g/mol. The smallest absolute Gasteiger partial charge is 0.361 e. The maximum Gasteiger partial charge on any atom is 0.361 e. The van der Waals surface area contributed by atoms with Gasteiger partial charge in [-0.25, -0.2) is 9.48 Å². The van der Waals surface area contributed by atoms with E-state index in [0.717, 1.165) is 30.0 Å². The van der Waals surface area contributed by atoms with Gasteiger partial charge in [0.1, 0.15) is 5.69 Å². The molecule has 0 aromatic carbocycles. The van der Waals surface area contributed by atoms with Crippen molar-refractivity contribution in [1.82, 2.24) is 15.0 Å².